The van der Waals surface area contributed by atoms with E-state index in [1.165, 1.54) is 6.07 Å². The van der Waals surface area contributed by atoms with Crippen LogP contribution in [-0.4, -0.2) is 26.4 Å². The van der Waals surface area contributed by atoms with E-state index in [9.17, 15) is 13.6 Å². The second-order valence-electron chi connectivity index (χ2n) is 6.92. The molecule has 1 amide bonds. The molecule has 1 N–H and O–H groups in total. The Kier molecular flexibility index (Phi) is 7.87. The van der Waals surface area contributed by atoms with Gasteiger partial charge < -0.3 is 10.1 Å². The SMILES string of the molecule is C=CCn1c(COc2cc(C)c(Cl)c(C)c2)nnc1SCC(=O)Nc1ccc(F)cc1F. The summed E-state index contributed by atoms with van der Waals surface area (Å²) in [4.78, 5) is 12.2. The Balaban J connectivity index is 1.65. The Morgan fingerprint density at radius 1 is 1.25 bits per heavy atom. The zero-order valence-corrected chi connectivity index (χ0v) is 19.1. The molecule has 0 saturated carbocycles. The van der Waals surface area contributed by atoms with Crippen LogP contribution in [0, 0.1) is 25.5 Å². The molecular weight excluding hydrogens is 458 g/mol. The topological polar surface area (TPSA) is 69.0 Å². The van der Waals surface area contributed by atoms with Crippen LogP contribution in [-0.2, 0) is 17.9 Å². The quantitative estimate of drug-likeness (QED) is 0.333. The molecule has 1 aromatic heterocycles. The fraction of sp³-hybridized carbons (Fsp3) is 0.227. The normalized spacial score (nSPS) is 10.8. The lowest BCUT2D eigenvalue weighted by atomic mass is 10.1. The highest BCUT2D eigenvalue weighted by Crippen LogP contribution is 2.27. The number of nitrogens with one attached hydrogen (secondary N) is 1. The fourth-order valence-electron chi connectivity index (χ4n) is 2.89. The number of hydrogen-bond donors (Lipinski definition) is 1. The number of rotatable bonds is 9. The van der Waals surface area contributed by atoms with E-state index in [1.54, 1.807) is 10.6 Å². The number of hydrogen-bond acceptors (Lipinski definition) is 5. The zero-order chi connectivity index (χ0) is 23.3. The van der Waals surface area contributed by atoms with Crippen LogP contribution in [0.3, 0.4) is 0 Å². The van der Waals surface area contributed by atoms with Crippen molar-refractivity contribution in [3.05, 3.63) is 76.6 Å². The number of benzene rings is 2. The number of aryl methyl sites for hydroxylation is 2. The number of amides is 1. The molecule has 0 atom stereocenters. The van der Waals surface area contributed by atoms with Crippen molar-refractivity contribution in [1.82, 2.24) is 14.8 Å². The standard InChI is InChI=1S/C22H21ClF2N4O2S/c1-4-7-29-19(11-31-16-8-13(2)21(23)14(3)9-16)27-28-22(29)32-12-20(30)26-18-6-5-15(24)10-17(18)25/h4-6,8-10H,1,7,11-12H2,2-3H3,(H,26,30). The molecule has 0 aliphatic carbocycles. The summed E-state index contributed by atoms with van der Waals surface area (Å²) in [5, 5.41) is 11.9. The minimum absolute atomic E-state index is 0.0392. The number of halogens is 3. The van der Waals surface area contributed by atoms with Crippen LogP contribution < -0.4 is 10.1 Å². The maximum absolute atomic E-state index is 13.7. The summed E-state index contributed by atoms with van der Waals surface area (Å²) >= 11 is 7.33. The van der Waals surface area contributed by atoms with Gasteiger partial charge in [0.05, 0.1) is 11.4 Å². The van der Waals surface area contributed by atoms with Gasteiger partial charge in [0, 0.05) is 17.6 Å². The Morgan fingerprint density at radius 2 is 1.97 bits per heavy atom. The van der Waals surface area contributed by atoms with Crippen molar-refractivity contribution in [3.8, 4) is 5.75 Å². The lowest BCUT2D eigenvalue weighted by Gasteiger charge is -2.11. The van der Waals surface area contributed by atoms with E-state index in [0.29, 0.717) is 34.4 Å². The van der Waals surface area contributed by atoms with Crippen LogP contribution >= 0.6 is 23.4 Å². The van der Waals surface area contributed by atoms with Crippen molar-refractivity contribution in [1.29, 1.82) is 0 Å². The molecule has 0 saturated heterocycles. The molecular formula is C22H21ClF2N4O2S. The van der Waals surface area contributed by atoms with Gasteiger partial charge in [0.2, 0.25) is 5.91 Å². The van der Waals surface area contributed by atoms with E-state index < -0.39 is 17.5 Å². The molecule has 2 aromatic carbocycles. The molecule has 3 aromatic rings. The van der Waals surface area contributed by atoms with Crippen molar-refractivity contribution in [2.75, 3.05) is 11.1 Å². The van der Waals surface area contributed by atoms with Gasteiger partial charge in [-0.3, -0.25) is 9.36 Å². The summed E-state index contributed by atoms with van der Waals surface area (Å²) in [7, 11) is 0. The first-order chi connectivity index (χ1) is 15.3. The fourth-order valence-corrected chi connectivity index (χ4v) is 3.77. The molecule has 0 fully saturated rings. The highest BCUT2D eigenvalue weighted by molar-refractivity contribution is 7.99. The molecule has 0 aliphatic rings. The van der Waals surface area contributed by atoms with E-state index in [-0.39, 0.29) is 18.0 Å². The van der Waals surface area contributed by atoms with Gasteiger partial charge in [0.15, 0.2) is 11.0 Å². The Labute approximate surface area is 193 Å². The highest BCUT2D eigenvalue weighted by Gasteiger charge is 2.15. The second kappa shape index (κ2) is 10.6. The first-order valence-corrected chi connectivity index (χ1v) is 10.9. The second-order valence-corrected chi connectivity index (χ2v) is 8.24. The molecule has 0 radical (unpaired) electrons. The lowest BCUT2D eigenvalue weighted by molar-refractivity contribution is -0.113. The number of allylic oxidation sites excluding steroid dienone is 1. The number of aromatic nitrogens is 3. The van der Waals surface area contributed by atoms with Crippen molar-refractivity contribution < 1.29 is 18.3 Å². The van der Waals surface area contributed by atoms with Crippen molar-refractivity contribution in [2.45, 2.75) is 32.2 Å². The highest BCUT2D eigenvalue weighted by atomic mass is 35.5. The average molecular weight is 479 g/mol. The van der Waals surface area contributed by atoms with Crippen LogP contribution in [0.5, 0.6) is 5.75 Å². The van der Waals surface area contributed by atoms with Gasteiger partial charge in [-0.25, -0.2) is 8.78 Å². The van der Waals surface area contributed by atoms with Gasteiger partial charge in [-0.2, -0.15) is 0 Å². The third-order valence-corrected chi connectivity index (χ3v) is 5.98. The largest absolute Gasteiger partial charge is 0.486 e. The molecule has 168 valence electrons. The van der Waals surface area contributed by atoms with Crippen molar-refractivity contribution in [3.63, 3.8) is 0 Å². The summed E-state index contributed by atoms with van der Waals surface area (Å²) in [6.45, 7) is 8.13. The van der Waals surface area contributed by atoms with Gasteiger partial charge >= 0.3 is 0 Å². The van der Waals surface area contributed by atoms with Crippen LogP contribution in [0.25, 0.3) is 0 Å². The summed E-state index contributed by atoms with van der Waals surface area (Å²) in [6.07, 6.45) is 1.68. The maximum Gasteiger partial charge on any atom is 0.234 e. The third-order valence-electron chi connectivity index (χ3n) is 4.42. The van der Waals surface area contributed by atoms with E-state index in [2.05, 4.69) is 22.1 Å². The maximum atomic E-state index is 13.7. The van der Waals surface area contributed by atoms with Crippen molar-refractivity contribution >= 4 is 35.0 Å². The smallest absolute Gasteiger partial charge is 0.234 e. The molecule has 0 bridgehead atoms. The van der Waals surface area contributed by atoms with Crippen LogP contribution in [0.2, 0.25) is 5.02 Å². The first kappa shape index (κ1) is 23.7. The van der Waals surface area contributed by atoms with E-state index in [1.807, 2.05) is 26.0 Å². The van der Waals surface area contributed by atoms with E-state index in [0.717, 1.165) is 29.0 Å². The average Bonchev–Trinajstić information content (AvgIpc) is 3.13. The molecule has 10 heteroatoms. The summed E-state index contributed by atoms with van der Waals surface area (Å²) in [6, 6.07) is 6.64. The Hall–Kier alpha value is -2.91. The molecule has 6 nitrogen and oxygen atoms in total. The predicted molar refractivity (Wildman–Crippen MR) is 121 cm³/mol. The van der Waals surface area contributed by atoms with Crippen LogP contribution in [0.1, 0.15) is 17.0 Å². The summed E-state index contributed by atoms with van der Waals surface area (Å²) in [5.41, 5.74) is 1.73. The predicted octanol–water partition coefficient (Wildman–Crippen LogP) is 5.32. The Bertz CT molecular complexity index is 1130. The third kappa shape index (κ3) is 5.86. The molecule has 0 unspecified atom stereocenters. The molecule has 0 spiro atoms. The van der Waals surface area contributed by atoms with E-state index >= 15 is 0 Å². The lowest BCUT2D eigenvalue weighted by Crippen LogP contribution is -2.16. The number of carbonyl (C=O) groups is 1. The molecule has 0 aliphatic heterocycles. The van der Waals surface area contributed by atoms with Crippen molar-refractivity contribution in [2.24, 2.45) is 0 Å². The molecule has 1 heterocycles. The van der Waals surface area contributed by atoms with Crippen LogP contribution in [0.4, 0.5) is 14.5 Å². The molecule has 3 rings (SSSR count). The van der Waals surface area contributed by atoms with Gasteiger partial charge in [0.25, 0.3) is 0 Å². The minimum atomic E-state index is -0.842. The van der Waals surface area contributed by atoms with Gasteiger partial charge in [0.1, 0.15) is 24.0 Å². The zero-order valence-electron chi connectivity index (χ0n) is 17.5. The van der Waals surface area contributed by atoms with Gasteiger partial charge in [-0.15, -0.1) is 16.8 Å². The number of thioether (sulfide) groups is 1. The Morgan fingerprint density at radius 3 is 2.62 bits per heavy atom. The summed E-state index contributed by atoms with van der Waals surface area (Å²) < 4.78 is 34.4. The number of carbonyl (C=O) groups excluding carboxylic acids is 1. The number of anilines is 1. The monoisotopic (exact) mass is 478 g/mol. The number of ether oxygens (including phenoxy) is 1. The van der Waals surface area contributed by atoms with Crippen LogP contribution in [0.15, 0.2) is 48.1 Å². The summed E-state index contributed by atoms with van der Waals surface area (Å²) in [5.74, 6) is -0.840. The first-order valence-electron chi connectivity index (χ1n) is 9.58. The molecule has 32 heavy (non-hydrogen) atoms. The number of nitrogens with zero attached hydrogens (tertiary/aromatic N) is 3. The van der Waals surface area contributed by atoms with Gasteiger partial charge in [-0.05, 0) is 49.2 Å². The minimum Gasteiger partial charge on any atom is -0.486 e. The van der Waals surface area contributed by atoms with Gasteiger partial charge in [-0.1, -0.05) is 29.4 Å². The van der Waals surface area contributed by atoms with E-state index in [4.69, 9.17) is 16.3 Å².